The van der Waals surface area contributed by atoms with Gasteiger partial charge in [0.15, 0.2) is 0 Å². The Balaban J connectivity index is 1.50. The zero-order valence-corrected chi connectivity index (χ0v) is 15.1. The lowest BCUT2D eigenvalue weighted by Crippen LogP contribution is -2.35. The molecule has 0 aromatic carbocycles. The summed E-state index contributed by atoms with van der Waals surface area (Å²) in [6, 6.07) is 10.1. The molecule has 0 aliphatic heterocycles. The average molecular weight is 346 g/mol. The summed E-state index contributed by atoms with van der Waals surface area (Å²) < 4.78 is 2.18. The number of aryl methyl sites for hydroxylation is 1. The molecular weight excluding hydrogens is 324 g/mol. The average Bonchev–Trinajstić information content (AvgIpc) is 3.17. The van der Waals surface area contributed by atoms with E-state index in [-0.39, 0.29) is 11.9 Å². The van der Waals surface area contributed by atoms with Crippen LogP contribution in [0.4, 0.5) is 0 Å². The summed E-state index contributed by atoms with van der Waals surface area (Å²) in [7, 11) is 0. The Kier molecular flexibility index (Phi) is 4.29. The fraction of sp³-hybridized carbons (Fsp3) is 0.286. The predicted molar refractivity (Wildman–Crippen MR) is 100 cm³/mol. The number of nitrogens with one attached hydrogen (secondary N) is 1. The summed E-state index contributed by atoms with van der Waals surface area (Å²) in [4.78, 5) is 21.3. The number of nitrogens with zero attached hydrogens (tertiary/aromatic N) is 3. The molecule has 0 radical (unpaired) electrons. The fourth-order valence-electron chi connectivity index (χ4n) is 3.72. The molecule has 1 amide bonds. The molecule has 5 nitrogen and oxygen atoms in total. The van der Waals surface area contributed by atoms with Gasteiger partial charge < -0.3 is 9.88 Å². The molecule has 0 saturated carbocycles. The molecule has 4 rings (SSSR count). The van der Waals surface area contributed by atoms with E-state index in [4.69, 9.17) is 0 Å². The summed E-state index contributed by atoms with van der Waals surface area (Å²) in [5.41, 5.74) is 6.33. The number of hydrogen-bond donors (Lipinski definition) is 1. The molecule has 3 heterocycles. The SMILES string of the molecule is Cc1cc(C(=O)NC2Cc3cccnc3C2)c(C)n1Cc1ccncc1. The molecule has 5 heteroatoms. The first kappa shape index (κ1) is 16.5. The van der Waals surface area contributed by atoms with Crippen molar-refractivity contribution in [2.24, 2.45) is 0 Å². The molecule has 3 aromatic rings. The lowest BCUT2D eigenvalue weighted by atomic mass is 10.1. The molecule has 1 unspecified atom stereocenters. The number of carbonyl (C=O) groups excluding carboxylic acids is 1. The van der Waals surface area contributed by atoms with Crippen LogP contribution < -0.4 is 5.32 Å². The number of fused-ring (bicyclic) bond motifs is 1. The van der Waals surface area contributed by atoms with Crippen molar-refractivity contribution in [2.45, 2.75) is 39.3 Å². The monoisotopic (exact) mass is 346 g/mol. The van der Waals surface area contributed by atoms with Gasteiger partial charge >= 0.3 is 0 Å². The Morgan fingerprint density at radius 2 is 2.00 bits per heavy atom. The minimum absolute atomic E-state index is 0.00288. The maximum atomic E-state index is 12.8. The molecule has 26 heavy (non-hydrogen) atoms. The van der Waals surface area contributed by atoms with Crippen molar-refractivity contribution in [2.75, 3.05) is 0 Å². The molecule has 0 spiro atoms. The van der Waals surface area contributed by atoms with E-state index in [9.17, 15) is 4.79 Å². The number of hydrogen-bond acceptors (Lipinski definition) is 3. The van der Waals surface area contributed by atoms with Crippen LogP contribution >= 0.6 is 0 Å². The fourth-order valence-corrected chi connectivity index (χ4v) is 3.72. The van der Waals surface area contributed by atoms with Crippen LogP contribution in [0.3, 0.4) is 0 Å². The Hall–Kier alpha value is -2.95. The van der Waals surface area contributed by atoms with Gasteiger partial charge in [-0.05, 0) is 55.7 Å². The van der Waals surface area contributed by atoms with Crippen LogP contribution in [0.15, 0.2) is 48.9 Å². The number of amides is 1. The highest BCUT2D eigenvalue weighted by Crippen LogP contribution is 2.21. The topological polar surface area (TPSA) is 59.8 Å². The second-order valence-corrected chi connectivity index (χ2v) is 6.91. The molecule has 0 bridgehead atoms. The first-order chi connectivity index (χ1) is 12.6. The van der Waals surface area contributed by atoms with Gasteiger partial charge in [0.25, 0.3) is 5.91 Å². The second-order valence-electron chi connectivity index (χ2n) is 6.91. The van der Waals surface area contributed by atoms with E-state index in [1.807, 2.05) is 44.3 Å². The Labute approximate surface area is 153 Å². The standard InChI is InChI=1S/C21H22N4O/c1-14-10-19(15(2)25(14)13-16-5-8-22-9-6-16)21(26)24-18-11-17-4-3-7-23-20(17)12-18/h3-10,18H,11-13H2,1-2H3,(H,24,26). The van der Waals surface area contributed by atoms with Gasteiger partial charge in [0.05, 0.1) is 5.56 Å². The van der Waals surface area contributed by atoms with Crippen molar-refractivity contribution in [1.82, 2.24) is 19.9 Å². The van der Waals surface area contributed by atoms with Gasteiger partial charge in [-0.3, -0.25) is 14.8 Å². The molecule has 0 saturated heterocycles. The molecule has 132 valence electrons. The van der Waals surface area contributed by atoms with Gasteiger partial charge in [0.2, 0.25) is 0 Å². The predicted octanol–water partition coefficient (Wildman–Crippen LogP) is 2.84. The van der Waals surface area contributed by atoms with Crippen LogP contribution in [0.25, 0.3) is 0 Å². The van der Waals surface area contributed by atoms with Crippen molar-refractivity contribution in [1.29, 1.82) is 0 Å². The van der Waals surface area contributed by atoms with Crippen LogP contribution in [0, 0.1) is 13.8 Å². The quantitative estimate of drug-likeness (QED) is 0.790. The third kappa shape index (κ3) is 3.12. The van der Waals surface area contributed by atoms with Gasteiger partial charge in [-0.15, -0.1) is 0 Å². The van der Waals surface area contributed by atoms with E-state index in [0.717, 1.165) is 42.0 Å². The van der Waals surface area contributed by atoms with E-state index >= 15 is 0 Å². The van der Waals surface area contributed by atoms with Crippen LogP contribution in [0.5, 0.6) is 0 Å². The minimum atomic E-state index is -0.00288. The van der Waals surface area contributed by atoms with E-state index in [1.165, 1.54) is 11.1 Å². The number of carbonyl (C=O) groups is 1. The molecule has 1 aliphatic rings. The minimum Gasteiger partial charge on any atom is -0.349 e. The zero-order valence-electron chi connectivity index (χ0n) is 15.1. The Morgan fingerprint density at radius 1 is 1.19 bits per heavy atom. The molecule has 1 N–H and O–H groups in total. The Morgan fingerprint density at radius 3 is 2.77 bits per heavy atom. The summed E-state index contributed by atoms with van der Waals surface area (Å²) in [6.07, 6.45) is 7.06. The highest BCUT2D eigenvalue weighted by molar-refractivity contribution is 5.96. The number of rotatable bonds is 4. The highest BCUT2D eigenvalue weighted by atomic mass is 16.1. The third-order valence-corrected chi connectivity index (χ3v) is 5.13. The van der Waals surface area contributed by atoms with Crippen molar-refractivity contribution in [3.05, 3.63) is 82.7 Å². The third-order valence-electron chi connectivity index (χ3n) is 5.13. The maximum absolute atomic E-state index is 12.8. The Bertz CT molecular complexity index is 921. The van der Waals surface area contributed by atoms with Crippen LogP contribution in [-0.2, 0) is 19.4 Å². The van der Waals surface area contributed by atoms with Gasteiger partial charge in [-0.2, -0.15) is 0 Å². The first-order valence-corrected chi connectivity index (χ1v) is 8.91. The van der Waals surface area contributed by atoms with Gasteiger partial charge in [0, 0.05) is 54.7 Å². The number of pyridine rings is 2. The summed E-state index contributed by atoms with van der Waals surface area (Å²) >= 11 is 0. The lowest BCUT2D eigenvalue weighted by Gasteiger charge is -2.13. The van der Waals surface area contributed by atoms with Gasteiger partial charge in [-0.25, -0.2) is 0 Å². The summed E-state index contributed by atoms with van der Waals surface area (Å²) in [6.45, 7) is 4.79. The van der Waals surface area contributed by atoms with Crippen molar-refractivity contribution in [3.63, 3.8) is 0 Å². The van der Waals surface area contributed by atoms with Crippen LogP contribution in [0.2, 0.25) is 0 Å². The highest BCUT2D eigenvalue weighted by Gasteiger charge is 2.25. The zero-order chi connectivity index (χ0) is 18.1. The molecular formula is C21H22N4O. The molecule has 1 aliphatic carbocycles. The molecule has 0 fully saturated rings. The first-order valence-electron chi connectivity index (χ1n) is 8.91. The van der Waals surface area contributed by atoms with E-state index in [2.05, 4.69) is 25.9 Å². The second kappa shape index (κ2) is 6.75. The van der Waals surface area contributed by atoms with E-state index in [1.54, 1.807) is 12.4 Å². The molecule has 3 aromatic heterocycles. The van der Waals surface area contributed by atoms with Gasteiger partial charge in [-0.1, -0.05) is 6.07 Å². The van der Waals surface area contributed by atoms with Crippen LogP contribution in [-0.4, -0.2) is 26.5 Å². The van der Waals surface area contributed by atoms with Gasteiger partial charge in [0.1, 0.15) is 0 Å². The molecule has 1 atom stereocenters. The van der Waals surface area contributed by atoms with Crippen molar-refractivity contribution in [3.8, 4) is 0 Å². The number of aromatic nitrogens is 3. The van der Waals surface area contributed by atoms with Crippen molar-refractivity contribution >= 4 is 5.91 Å². The van der Waals surface area contributed by atoms with E-state index < -0.39 is 0 Å². The smallest absolute Gasteiger partial charge is 0.253 e. The largest absolute Gasteiger partial charge is 0.349 e. The summed E-state index contributed by atoms with van der Waals surface area (Å²) in [5, 5.41) is 3.19. The lowest BCUT2D eigenvalue weighted by molar-refractivity contribution is 0.0938. The van der Waals surface area contributed by atoms with Crippen LogP contribution in [0.1, 0.15) is 38.6 Å². The van der Waals surface area contributed by atoms with Crippen molar-refractivity contribution < 1.29 is 4.79 Å². The summed E-state index contributed by atoms with van der Waals surface area (Å²) in [5.74, 6) is -0.00288. The van der Waals surface area contributed by atoms with E-state index in [0.29, 0.717) is 0 Å². The maximum Gasteiger partial charge on any atom is 0.253 e. The normalized spacial score (nSPS) is 15.7.